The van der Waals surface area contributed by atoms with Gasteiger partial charge in [-0.1, -0.05) is 6.07 Å². The molecule has 0 aromatic heterocycles. The van der Waals surface area contributed by atoms with Crippen molar-refractivity contribution in [3.05, 3.63) is 63.4 Å². The molecule has 0 aliphatic heterocycles. The van der Waals surface area contributed by atoms with Gasteiger partial charge in [-0.3, -0.25) is 0 Å². The van der Waals surface area contributed by atoms with Crippen LogP contribution in [0.4, 0.5) is 13.2 Å². The third-order valence-corrected chi connectivity index (χ3v) is 3.61. The average Bonchev–Trinajstić information content (AvgIpc) is 2.44. The molecule has 0 unspecified atom stereocenters. The largest absolute Gasteiger partial charge is 0.486 e. The molecule has 112 valence electrons. The standard InChI is InChI=1S/C15H13BrF3NO/c1-8(20)9-2-5-14(13(18)6-9)21-7-10-12(17)4-3-11(16)15(10)19/h2-6,8H,7,20H2,1H3/t8-/m1/s1. The van der Waals surface area contributed by atoms with Gasteiger partial charge >= 0.3 is 0 Å². The Labute approximate surface area is 128 Å². The van der Waals surface area contributed by atoms with E-state index in [1.54, 1.807) is 13.0 Å². The Bertz CT molecular complexity index is 662. The fourth-order valence-electron chi connectivity index (χ4n) is 1.77. The van der Waals surface area contributed by atoms with E-state index in [0.29, 0.717) is 5.56 Å². The summed E-state index contributed by atoms with van der Waals surface area (Å²) in [5.41, 5.74) is 5.99. The van der Waals surface area contributed by atoms with Gasteiger partial charge in [0.25, 0.3) is 0 Å². The minimum atomic E-state index is -0.761. The van der Waals surface area contributed by atoms with Gasteiger partial charge in [-0.2, -0.15) is 0 Å². The summed E-state index contributed by atoms with van der Waals surface area (Å²) in [6.45, 7) is 1.31. The van der Waals surface area contributed by atoms with Crippen molar-refractivity contribution in [3.8, 4) is 5.75 Å². The van der Waals surface area contributed by atoms with Crippen LogP contribution in [0.5, 0.6) is 5.75 Å². The number of halogens is 4. The van der Waals surface area contributed by atoms with Crippen molar-refractivity contribution in [3.63, 3.8) is 0 Å². The second-order valence-corrected chi connectivity index (χ2v) is 5.44. The van der Waals surface area contributed by atoms with Crippen LogP contribution >= 0.6 is 15.9 Å². The highest BCUT2D eigenvalue weighted by molar-refractivity contribution is 9.10. The number of benzene rings is 2. The lowest BCUT2D eigenvalue weighted by Crippen LogP contribution is -2.07. The average molecular weight is 360 g/mol. The van der Waals surface area contributed by atoms with E-state index in [9.17, 15) is 13.2 Å². The Morgan fingerprint density at radius 3 is 2.48 bits per heavy atom. The molecule has 0 spiro atoms. The molecule has 2 rings (SSSR count). The molecule has 21 heavy (non-hydrogen) atoms. The molecule has 0 aliphatic rings. The second kappa shape index (κ2) is 6.49. The van der Waals surface area contributed by atoms with Crippen molar-refractivity contribution >= 4 is 15.9 Å². The molecular weight excluding hydrogens is 347 g/mol. The molecule has 0 saturated heterocycles. The molecule has 0 saturated carbocycles. The SMILES string of the molecule is C[C@@H](N)c1ccc(OCc2c(F)ccc(Br)c2F)c(F)c1. The Morgan fingerprint density at radius 2 is 1.86 bits per heavy atom. The van der Waals surface area contributed by atoms with Gasteiger partial charge in [0.1, 0.15) is 18.2 Å². The maximum absolute atomic E-state index is 13.8. The third-order valence-electron chi connectivity index (χ3n) is 2.99. The molecule has 0 bridgehead atoms. The molecule has 0 heterocycles. The lowest BCUT2D eigenvalue weighted by molar-refractivity contribution is 0.278. The van der Waals surface area contributed by atoms with E-state index in [0.717, 1.165) is 6.07 Å². The summed E-state index contributed by atoms with van der Waals surface area (Å²) in [4.78, 5) is 0. The molecule has 2 N–H and O–H groups in total. The van der Waals surface area contributed by atoms with Gasteiger partial charge in [0.2, 0.25) is 0 Å². The van der Waals surface area contributed by atoms with E-state index in [2.05, 4.69) is 15.9 Å². The zero-order valence-corrected chi connectivity index (χ0v) is 12.8. The van der Waals surface area contributed by atoms with E-state index in [1.807, 2.05) is 0 Å². The fraction of sp³-hybridized carbons (Fsp3) is 0.200. The number of nitrogens with two attached hydrogens (primary N) is 1. The zero-order chi connectivity index (χ0) is 15.6. The van der Waals surface area contributed by atoms with Crippen molar-refractivity contribution in [2.24, 2.45) is 5.73 Å². The monoisotopic (exact) mass is 359 g/mol. The summed E-state index contributed by atoms with van der Waals surface area (Å²) in [6, 6.07) is 6.30. The summed E-state index contributed by atoms with van der Waals surface area (Å²) < 4.78 is 46.4. The van der Waals surface area contributed by atoms with Crippen molar-refractivity contribution in [1.82, 2.24) is 0 Å². The third kappa shape index (κ3) is 3.57. The number of hydrogen-bond acceptors (Lipinski definition) is 2. The first-order valence-electron chi connectivity index (χ1n) is 6.20. The van der Waals surface area contributed by atoms with Crippen LogP contribution < -0.4 is 10.5 Å². The zero-order valence-electron chi connectivity index (χ0n) is 11.2. The fourth-order valence-corrected chi connectivity index (χ4v) is 2.14. The predicted octanol–water partition coefficient (Wildman–Crippen LogP) is 4.47. The highest BCUT2D eigenvalue weighted by atomic mass is 79.9. The molecule has 0 fully saturated rings. The highest BCUT2D eigenvalue weighted by Crippen LogP contribution is 2.25. The summed E-state index contributed by atoms with van der Waals surface area (Å²) in [7, 11) is 0. The summed E-state index contributed by atoms with van der Waals surface area (Å²) in [5.74, 6) is -2.22. The maximum atomic E-state index is 13.8. The van der Waals surface area contributed by atoms with E-state index < -0.39 is 24.1 Å². The second-order valence-electron chi connectivity index (χ2n) is 4.59. The van der Waals surface area contributed by atoms with Gasteiger partial charge in [-0.25, -0.2) is 13.2 Å². The van der Waals surface area contributed by atoms with Crippen molar-refractivity contribution < 1.29 is 17.9 Å². The molecule has 0 amide bonds. The first-order valence-corrected chi connectivity index (χ1v) is 6.99. The summed E-state index contributed by atoms with van der Waals surface area (Å²) in [5, 5.41) is 0. The van der Waals surface area contributed by atoms with Crippen LogP contribution in [0.25, 0.3) is 0 Å². The minimum Gasteiger partial charge on any atom is -0.486 e. The van der Waals surface area contributed by atoms with E-state index in [4.69, 9.17) is 10.5 Å². The molecule has 2 nitrogen and oxygen atoms in total. The Hall–Kier alpha value is -1.53. The van der Waals surface area contributed by atoms with Gasteiger partial charge < -0.3 is 10.5 Å². The molecule has 0 radical (unpaired) electrons. The van der Waals surface area contributed by atoms with E-state index in [-0.39, 0.29) is 21.8 Å². The first-order chi connectivity index (χ1) is 9.90. The molecule has 0 aliphatic carbocycles. The van der Waals surface area contributed by atoms with Gasteiger partial charge in [-0.15, -0.1) is 0 Å². The molecule has 2 aromatic rings. The topological polar surface area (TPSA) is 35.2 Å². The van der Waals surface area contributed by atoms with Crippen LogP contribution in [0.3, 0.4) is 0 Å². The Balaban J connectivity index is 2.19. The van der Waals surface area contributed by atoms with E-state index in [1.165, 1.54) is 18.2 Å². The van der Waals surface area contributed by atoms with Gasteiger partial charge in [-0.05, 0) is 52.7 Å². The Kier molecular flexibility index (Phi) is 4.90. The number of rotatable bonds is 4. The smallest absolute Gasteiger partial charge is 0.165 e. The van der Waals surface area contributed by atoms with Crippen molar-refractivity contribution in [2.45, 2.75) is 19.6 Å². The molecule has 2 aromatic carbocycles. The van der Waals surface area contributed by atoms with E-state index >= 15 is 0 Å². The van der Waals surface area contributed by atoms with Crippen LogP contribution in [0.1, 0.15) is 24.1 Å². The van der Waals surface area contributed by atoms with Crippen molar-refractivity contribution in [2.75, 3.05) is 0 Å². The summed E-state index contributed by atoms with van der Waals surface area (Å²) >= 11 is 2.96. The predicted molar refractivity (Wildman–Crippen MR) is 77.4 cm³/mol. The first kappa shape index (κ1) is 15.9. The van der Waals surface area contributed by atoms with Crippen LogP contribution in [0, 0.1) is 17.5 Å². The van der Waals surface area contributed by atoms with Crippen molar-refractivity contribution in [1.29, 1.82) is 0 Å². The van der Waals surface area contributed by atoms with Crippen LogP contribution in [-0.4, -0.2) is 0 Å². The number of hydrogen-bond donors (Lipinski definition) is 1. The maximum Gasteiger partial charge on any atom is 0.165 e. The highest BCUT2D eigenvalue weighted by Gasteiger charge is 2.14. The minimum absolute atomic E-state index is 0.0850. The lowest BCUT2D eigenvalue weighted by Gasteiger charge is -2.12. The van der Waals surface area contributed by atoms with Crippen LogP contribution in [0.15, 0.2) is 34.8 Å². The molecule has 1 atom stereocenters. The number of ether oxygens (including phenoxy) is 1. The van der Waals surface area contributed by atoms with Gasteiger partial charge in [0.05, 0.1) is 10.0 Å². The molecular formula is C15H13BrF3NO. The quantitative estimate of drug-likeness (QED) is 0.817. The van der Waals surface area contributed by atoms with Gasteiger partial charge in [0, 0.05) is 6.04 Å². The van der Waals surface area contributed by atoms with Crippen LogP contribution in [0.2, 0.25) is 0 Å². The van der Waals surface area contributed by atoms with Crippen LogP contribution in [-0.2, 0) is 6.61 Å². The molecule has 6 heteroatoms. The Morgan fingerprint density at radius 1 is 1.14 bits per heavy atom. The summed E-state index contributed by atoms with van der Waals surface area (Å²) in [6.07, 6.45) is 0. The normalized spacial score (nSPS) is 12.3. The van der Waals surface area contributed by atoms with Gasteiger partial charge in [0.15, 0.2) is 11.6 Å². The lowest BCUT2D eigenvalue weighted by atomic mass is 10.1.